The maximum Gasteiger partial charge on any atom is 0.231 e. The van der Waals surface area contributed by atoms with Crippen LogP contribution in [0.15, 0.2) is 48.7 Å². The highest BCUT2D eigenvalue weighted by Gasteiger charge is 2.11. The normalized spacial score (nSPS) is 10.6. The molecule has 0 spiro atoms. The predicted octanol–water partition coefficient (Wildman–Crippen LogP) is 3.18. The number of hydrogen-bond donors (Lipinski definition) is 2. The number of pyridine rings is 1. The largest absolute Gasteiger partial charge is 0.508 e. The lowest BCUT2D eigenvalue weighted by Crippen LogP contribution is -2.15. The number of benzene rings is 1. The first-order chi connectivity index (χ1) is 12.0. The third-order valence-corrected chi connectivity index (χ3v) is 3.91. The zero-order valence-electron chi connectivity index (χ0n) is 13.6. The number of amides is 1. The number of carbonyl (C=O) groups excluding carboxylic acids is 1. The third kappa shape index (κ3) is 4.36. The molecule has 128 valence electrons. The van der Waals surface area contributed by atoms with Gasteiger partial charge in [0.2, 0.25) is 5.91 Å². The quantitative estimate of drug-likeness (QED) is 0.735. The summed E-state index contributed by atoms with van der Waals surface area (Å²) in [5.74, 6) is 0.425. The van der Waals surface area contributed by atoms with Crippen LogP contribution in [0.1, 0.15) is 17.0 Å². The van der Waals surface area contributed by atoms with Crippen molar-refractivity contribution in [2.24, 2.45) is 0 Å². The van der Waals surface area contributed by atoms with Crippen LogP contribution in [0.3, 0.4) is 0 Å². The fourth-order valence-electron chi connectivity index (χ4n) is 2.43. The van der Waals surface area contributed by atoms with Crippen LogP contribution < -0.4 is 5.32 Å². The molecule has 0 aliphatic rings. The van der Waals surface area contributed by atoms with Crippen molar-refractivity contribution in [3.05, 3.63) is 70.6 Å². The van der Waals surface area contributed by atoms with Gasteiger partial charge < -0.3 is 10.4 Å². The van der Waals surface area contributed by atoms with E-state index in [1.54, 1.807) is 47.3 Å². The number of anilines is 1. The summed E-state index contributed by atoms with van der Waals surface area (Å²) in [6.45, 7) is 2.23. The van der Waals surface area contributed by atoms with E-state index in [2.05, 4.69) is 15.4 Å². The second-order valence-corrected chi connectivity index (χ2v) is 6.08. The molecule has 0 fully saturated rings. The zero-order chi connectivity index (χ0) is 17.8. The number of aromatic hydroxyl groups is 1. The van der Waals surface area contributed by atoms with Gasteiger partial charge in [0.1, 0.15) is 5.75 Å². The zero-order valence-corrected chi connectivity index (χ0v) is 14.4. The molecule has 2 aromatic heterocycles. The summed E-state index contributed by atoms with van der Waals surface area (Å²) < 4.78 is 1.70. The summed E-state index contributed by atoms with van der Waals surface area (Å²) in [7, 11) is 0. The summed E-state index contributed by atoms with van der Waals surface area (Å²) in [5.41, 5.74) is 2.21. The topological polar surface area (TPSA) is 80.0 Å². The molecule has 0 radical (unpaired) electrons. The Morgan fingerprint density at radius 3 is 2.88 bits per heavy atom. The Morgan fingerprint density at radius 1 is 1.28 bits per heavy atom. The fourth-order valence-corrected chi connectivity index (χ4v) is 2.62. The van der Waals surface area contributed by atoms with Crippen molar-refractivity contribution >= 4 is 23.3 Å². The smallest absolute Gasteiger partial charge is 0.231 e. The standard InChI is InChI=1S/C18H17ClN4O2/c1-12-8-17(21-18(25)10-15-4-2-3-7-20-15)22-23(12)11-13-9-14(19)5-6-16(13)24/h2-9,24H,10-11H2,1H3,(H,21,22,25). The van der Waals surface area contributed by atoms with Crippen molar-refractivity contribution in [3.8, 4) is 5.75 Å². The van der Waals surface area contributed by atoms with E-state index in [1.807, 2.05) is 13.0 Å². The average molecular weight is 357 g/mol. The lowest BCUT2D eigenvalue weighted by atomic mass is 10.2. The highest BCUT2D eigenvalue weighted by molar-refractivity contribution is 6.30. The molecule has 0 saturated heterocycles. The van der Waals surface area contributed by atoms with Gasteiger partial charge in [0.15, 0.2) is 5.82 Å². The number of nitrogens with one attached hydrogen (secondary N) is 1. The number of rotatable bonds is 5. The van der Waals surface area contributed by atoms with Crippen LogP contribution in [-0.4, -0.2) is 25.8 Å². The third-order valence-electron chi connectivity index (χ3n) is 3.68. The molecule has 6 nitrogen and oxygen atoms in total. The number of aryl methyl sites for hydroxylation is 1. The molecule has 0 bridgehead atoms. The molecule has 0 aliphatic heterocycles. The second-order valence-electron chi connectivity index (χ2n) is 5.65. The van der Waals surface area contributed by atoms with Crippen LogP contribution >= 0.6 is 11.6 Å². The van der Waals surface area contributed by atoms with Crippen LogP contribution in [-0.2, 0) is 17.8 Å². The number of hydrogen-bond acceptors (Lipinski definition) is 4. The first-order valence-corrected chi connectivity index (χ1v) is 8.10. The van der Waals surface area contributed by atoms with E-state index in [0.717, 1.165) is 5.69 Å². The van der Waals surface area contributed by atoms with Gasteiger partial charge in [0.25, 0.3) is 0 Å². The van der Waals surface area contributed by atoms with Gasteiger partial charge in [-0.05, 0) is 37.3 Å². The van der Waals surface area contributed by atoms with Crippen molar-refractivity contribution in [1.82, 2.24) is 14.8 Å². The molecule has 2 N–H and O–H groups in total. The fraction of sp³-hybridized carbons (Fsp3) is 0.167. The van der Waals surface area contributed by atoms with E-state index < -0.39 is 0 Å². The number of nitrogens with zero attached hydrogens (tertiary/aromatic N) is 3. The second kappa shape index (κ2) is 7.36. The van der Waals surface area contributed by atoms with Gasteiger partial charge in [-0.3, -0.25) is 14.5 Å². The number of phenolic OH excluding ortho intramolecular Hbond substituents is 1. The van der Waals surface area contributed by atoms with Gasteiger partial charge in [-0.2, -0.15) is 5.10 Å². The Bertz CT molecular complexity index is 893. The Balaban J connectivity index is 1.70. The van der Waals surface area contributed by atoms with Crippen molar-refractivity contribution in [1.29, 1.82) is 0 Å². The molecule has 2 heterocycles. The van der Waals surface area contributed by atoms with E-state index in [9.17, 15) is 9.90 Å². The van der Waals surface area contributed by atoms with Gasteiger partial charge in [-0.15, -0.1) is 0 Å². The molecule has 25 heavy (non-hydrogen) atoms. The molecule has 0 unspecified atom stereocenters. The molecule has 3 rings (SSSR count). The molecule has 0 aliphatic carbocycles. The molecule has 3 aromatic rings. The van der Waals surface area contributed by atoms with Gasteiger partial charge in [-0.25, -0.2) is 0 Å². The molecular formula is C18H17ClN4O2. The summed E-state index contributed by atoms with van der Waals surface area (Å²) in [6.07, 6.45) is 1.83. The number of aromatic nitrogens is 3. The first-order valence-electron chi connectivity index (χ1n) is 7.73. The van der Waals surface area contributed by atoms with Gasteiger partial charge in [0, 0.05) is 34.2 Å². The maximum absolute atomic E-state index is 12.1. The van der Waals surface area contributed by atoms with Crippen molar-refractivity contribution in [2.45, 2.75) is 19.9 Å². The molecule has 7 heteroatoms. The van der Waals surface area contributed by atoms with E-state index in [4.69, 9.17) is 11.6 Å². The van der Waals surface area contributed by atoms with Gasteiger partial charge >= 0.3 is 0 Å². The molecule has 0 saturated carbocycles. The van der Waals surface area contributed by atoms with Crippen molar-refractivity contribution in [3.63, 3.8) is 0 Å². The van der Waals surface area contributed by atoms with E-state index in [-0.39, 0.29) is 18.1 Å². The molecular weight excluding hydrogens is 340 g/mol. The highest BCUT2D eigenvalue weighted by Crippen LogP contribution is 2.23. The van der Waals surface area contributed by atoms with Crippen molar-refractivity contribution in [2.75, 3.05) is 5.32 Å². The van der Waals surface area contributed by atoms with Crippen LogP contribution in [0.4, 0.5) is 5.82 Å². The van der Waals surface area contributed by atoms with Gasteiger partial charge in [-0.1, -0.05) is 17.7 Å². The minimum absolute atomic E-state index is 0.153. The van der Waals surface area contributed by atoms with E-state index in [1.165, 1.54) is 0 Å². The van der Waals surface area contributed by atoms with E-state index >= 15 is 0 Å². The maximum atomic E-state index is 12.1. The Morgan fingerprint density at radius 2 is 2.12 bits per heavy atom. The Hall–Kier alpha value is -2.86. The minimum atomic E-state index is -0.186. The molecule has 1 amide bonds. The predicted molar refractivity (Wildman–Crippen MR) is 95.8 cm³/mol. The first kappa shape index (κ1) is 17.0. The Kier molecular flexibility index (Phi) is 5.00. The number of phenols is 1. The van der Waals surface area contributed by atoms with E-state index in [0.29, 0.717) is 28.6 Å². The molecule has 0 atom stereocenters. The van der Waals surface area contributed by atoms with Crippen molar-refractivity contribution < 1.29 is 9.90 Å². The average Bonchev–Trinajstić information content (AvgIpc) is 2.91. The number of carbonyl (C=O) groups is 1. The SMILES string of the molecule is Cc1cc(NC(=O)Cc2ccccn2)nn1Cc1cc(Cl)ccc1O. The van der Waals surface area contributed by atoms with Crippen LogP contribution in [0.25, 0.3) is 0 Å². The lowest BCUT2D eigenvalue weighted by molar-refractivity contribution is -0.115. The highest BCUT2D eigenvalue weighted by atomic mass is 35.5. The number of halogens is 1. The summed E-state index contributed by atoms with van der Waals surface area (Å²) in [6, 6.07) is 12.1. The van der Waals surface area contributed by atoms with Crippen LogP contribution in [0.2, 0.25) is 5.02 Å². The monoisotopic (exact) mass is 356 g/mol. The van der Waals surface area contributed by atoms with Crippen LogP contribution in [0, 0.1) is 6.92 Å². The lowest BCUT2D eigenvalue weighted by Gasteiger charge is -2.07. The summed E-state index contributed by atoms with van der Waals surface area (Å²) in [4.78, 5) is 16.2. The van der Waals surface area contributed by atoms with Gasteiger partial charge in [0.05, 0.1) is 13.0 Å². The summed E-state index contributed by atoms with van der Waals surface area (Å²) in [5, 5.41) is 17.6. The van der Waals surface area contributed by atoms with Crippen LogP contribution in [0.5, 0.6) is 5.75 Å². The molecule has 1 aromatic carbocycles. The minimum Gasteiger partial charge on any atom is -0.508 e. The summed E-state index contributed by atoms with van der Waals surface area (Å²) >= 11 is 5.97. The Labute approximate surface area is 150 Å².